The molecule has 0 aromatic carbocycles. The largest absolute Gasteiger partial charge is 0.401 e. The van der Waals surface area contributed by atoms with E-state index >= 15 is 0 Å². The van der Waals surface area contributed by atoms with E-state index in [1.165, 1.54) is 0 Å². The minimum absolute atomic E-state index is 0.714. The smallest absolute Gasteiger partial charge is 0.362 e. The molecule has 0 saturated heterocycles. The molecular formula is C5H8O5. The van der Waals surface area contributed by atoms with Crippen LogP contribution in [0.3, 0.4) is 0 Å². The number of carbonyl (C=O) groups is 2. The SMILES string of the molecule is CC(=O)OC(O)OC(C)=O. The topological polar surface area (TPSA) is 72.8 Å². The van der Waals surface area contributed by atoms with Gasteiger partial charge in [0.15, 0.2) is 0 Å². The fourth-order valence-corrected chi connectivity index (χ4v) is 0.308. The first-order valence-corrected chi connectivity index (χ1v) is 2.55. The van der Waals surface area contributed by atoms with Gasteiger partial charge >= 0.3 is 18.4 Å². The van der Waals surface area contributed by atoms with E-state index < -0.39 is 18.4 Å². The number of aliphatic hydroxyl groups is 1. The van der Waals surface area contributed by atoms with E-state index in [-0.39, 0.29) is 0 Å². The van der Waals surface area contributed by atoms with E-state index in [4.69, 9.17) is 5.11 Å². The second-order valence-corrected chi connectivity index (χ2v) is 1.53. The second-order valence-electron chi connectivity index (χ2n) is 1.53. The van der Waals surface area contributed by atoms with Gasteiger partial charge in [-0.1, -0.05) is 0 Å². The molecule has 0 bridgehead atoms. The molecule has 1 N–H and O–H groups in total. The summed E-state index contributed by atoms with van der Waals surface area (Å²) in [5, 5.41) is 8.50. The van der Waals surface area contributed by atoms with Crippen molar-refractivity contribution in [2.45, 2.75) is 20.3 Å². The molecule has 0 aliphatic rings. The molecular weight excluding hydrogens is 140 g/mol. The van der Waals surface area contributed by atoms with Gasteiger partial charge in [0, 0.05) is 13.8 Å². The van der Waals surface area contributed by atoms with Crippen molar-refractivity contribution < 1.29 is 24.2 Å². The number of hydrogen-bond donors (Lipinski definition) is 1. The molecule has 0 radical (unpaired) electrons. The Morgan fingerprint density at radius 2 is 1.50 bits per heavy atom. The maximum absolute atomic E-state index is 10.1. The zero-order valence-corrected chi connectivity index (χ0v) is 5.66. The van der Waals surface area contributed by atoms with Crippen LogP contribution in [-0.4, -0.2) is 23.5 Å². The first-order chi connectivity index (χ1) is 4.52. The molecule has 5 nitrogen and oxygen atoms in total. The maximum Gasteiger partial charge on any atom is 0.362 e. The van der Waals surface area contributed by atoms with E-state index in [1.807, 2.05) is 0 Å². The quantitative estimate of drug-likeness (QED) is 0.417. The molecule has 0 spiro atoms. The van der Waals surface area contributed by atoms with Gasteiger partial charge in [0.1, 0.15) is 0 Å². The molecule has 10 heavy (non-hydrogen) atoms. The predicted molar refractivity (Wildman–Crippen MR) is 29.5 cm³/mol. The van der Waals surface area contributed by atoms with Crippen LogP contribution in [0.25, 0.3) is 0 Å². The second kappa shape index (κ2) is 3.84. The minimum Gasteiger partial charge on any atom is -0.401 e. The van der Waals surface area contributed by atoms with Gasteiger partial charge in [-0.15, -0.1) is 0 Å². The zero-order valence-electron chi connectivity index (χ0n) is 5.66. The number of hydrogen-bond acceptors (Lipinski definition) is 5. The highest BCUT2D eigenvalue weighted by atomic mass is 16.8. The van der Waals surface area contributed by atoms with Gasteiger partial charge in [0.05, 0.1) is 0 Å². The molecule has 0 heterocycles. The van der Waals surface area contributed by atoms with Crippen LogP contribution in [0.15, 0.2) is 0 Å². The highest BCUT2D eigenvalue weighted by Crippen LogP contribution is 1.90. The molecule has 0 amide bonds. The van der Waals surface area contributed by atoms with Crippen LogP contribution in [0.4, 0.5) is 0 Å². The maximum atomic E-state index is 10.1. The fraction of sp³-hybridized carbons (Fsp3) is 0.600. The van der Waals surface area contributed by atoms with Crippen molar-refractivity contribution in [2.24, 2.45) is 0 Å². The van der Waals surface area contributed by atoms with Gasteiger partial charge in [-0.25, -0.2) is 0 Å². The van der Waals surface area contributed by atoms with Gasteiger partial charge in [0.2, 0.25) is 0 Å². The van der Waals surface area contributed by atoms with Crippen LogP contribution in [0.2, 0.25) is 0 Å². The third-order valence-corrected chi connectivity index (χ3v) is 0.534. The number of ether oxygens (including phenoxy) is 2. The molecule has 0 aliphatic carbocycles. The van der Waals surface area contributed by atoms with Gasteiger partial charge < -0.3 is 14.6 Å². The van der Waals surface area contributed by atoms with Gasteiger partial charge in [-0.05, 0) is 0 Å². The summed E-state index contributed by atoms with van der Waals surface area (Å²) in [6.45, 7) is 0.398. The lowest BCUT2D eigenvalue weighted by atomic mass is 10.8. The standard InChI is InChI=1S/C5H8O5/c1-3(6)9-5(8)10-4(2)7/h5,8H,1-2H3. The van der Waals surface area contributed by atoms with Crippen molar-refractivity contribution in [1.82, 2.24) is 0 Å². The molecule has 0 saturated carbocycles. The Kier molecular flexibility index (Phi) is 3.42. The lowest BCUT2D eigenvalue weighted by Gasteiger charge is -2.08. The Bertz CT molecular complexity index is 125. The molecule has 0 rings (SSSR count). The summed E-state index contributed by atoms with van der Waals surface area (Å²) in [6, 6.07) is 0. The minimum atomic E-state index is -1.78. The Hall–Kier alpha value is -1.10. The van der Waals surface area contributed by atoms with E-state index in [1.54, 1.807) is 0 Å². The van der Waals surface area contributed by atoms with Gasteiger partial charge in [-0.2, -0.15) is 0 Å². The third-order valence-electron chi connectivity index (χ3n) is 0.534. The molecule has 0 fully saturated rings. The summed E-state index contributed by atoms with van der Waals surface area (Å²) in [5.41, 5.74) is 0. The van der Waals surface area contributed by atoms with Crippen molar-refractivity contribution in [3.05, 3.63) is 0 Å². The predicted octanol–water partition coefficient (Wildman–Crippen LogP) is -0.612. The average molecular weight is 148 g/mol. The summed E-state index contributed by atoms with van der Waals surface area (Å²) in [4.78, 5) is 20.1. The average Bonchev–Trinajstić information content (AvgIpc) is 1.58. The van der Waals surface area contributed by atoms with E-state index in [0.29, 0.717) is 0 Å². The molecule has 0 unspecified atom stereocenters. The summed E-state index contributed by atoms with van der Waals surface area (Å²) < 4.78 is 8.07. The zero-order chi connectivity index (χ0) is 8.15. The van der Waals surface area contributed by atoms with Crippen LogP contribution in [0, 0.1) is 0 Å². The number of aliphatic hydroxyl groups excluding tert-OH is 1. The summed E-state index contributed by atoms with van der Waals surface area (Å²) in [5.74, 6) is -1.43. The molecule has 0 aromatic rings. The molecule has 5 heteroatoms. The summed E-state index contributed by atoms with van der Waals surface area (Å²) in [7, 11) is 0. The Balaban J connectivity index is 3.53. The van der Waals surface area contributed by atoms with Crippen LogP contribution < -0.4 is 0 Å². The molecule has 0 atom stereocenters. The Labute approximate surface area is 57.5 Å². The van der Waals surface area contributed by atoms with Crippen molar-refractivity contribution in [3.63, 3.8) is 0 Å². The monoisotopic (exact) mass is 148 g/mol. The number of esters is 2. The van der Waals surface area contributed by atoms with Crippen molar-refractivity contribution in [3.8, 4) is 0 Å². The summed E-state index contributed by atoms with van der Waals surface area (Å²) >= 11 is 0. The van der Waals surface area contributed by atoms with E-state index in [0.717, 1.165) is 13.8 Å². The summed E-state index contributed by atoms with van der Waals surface area (Å²) in [6.07, 6.45) is 0. The molecule has 58 valence electrons. The highest BCUT2D eigenvalue weighted by Gasteiger charge is 2.08. The lowest BCUT2D eigenvalue weighted by molar-refractivity contribution is -0.243. The normalized spacial score (nSPS) is 9.20. The van der Waals surface area contributed by atoms with Crippen LogP contribution in [-0.2, 0) is 19.1 Å². The first-order valence-electron chi connectivity index (χ1n) is 2.55. The van der Waals surface area contributed by atoms with Crippen molar-refractivity contribution in [1.29, 1.82) is 0 Å². The highest BCUT2D eigenvalue weighted by molar-refractivity contribution is 5.67. The molecule has 0 aromatic heterocycles. The lowest BCUT2D eigenvalue weighted by Crippen LogP contribution is -2.21. The Morgan fingerprint density at radius 3 is 1.70 bits per heavy atom. The van der Waals surface area contributed by atoms with Gasteiger partial charge in [-0.3, -0.25) is 9.59 Å². The third kappa shape index (κ3) is 5.04. The van der Waals surface area contributed by atoms with Crippen molar-refractivity contribution in [2.75, 3.05) is 0 Å². The first kappa shape index (κ1) is 8.90. The number of rotatable bonds is 2. The van der Waals surface area contributed by atoms with E-state index in [9.17, 15) is 9.59 Å². The molecule has 0 aliphatic heterocycles. The van der Waals surface area contributed by atoms with Crippen LogP contribution in [0.5, 0.6) is 0 Å². The van der Waals surface area contributed by atoms with E-state index in [2.05, 4.69) is 9.47 Å². The van der Waals surface area contributed by atoms with Crippen LogP contribution in [0.1, 0.15) is 13.8 Å². The number of carbonyl (C=O) groups excluding carboxylic acids is 2. The van der Waals surface area contributed by atoms with Gasteiger partial charge in [0.25, 0.3) is 0 Å². The Morgan fingerprint density at radius 1 is 1.20 bits per heavy atom. The van der Waals surface area contributed by atoms with Crippen molar-refractivity contribution >= 4 is 11.9 Å². The fourth-order valence-electron chi connectivity index (χ4n) is 0.308. The van der Waals surface area contributed by atoms with Crippen LogP contribution >= 0.6 is 0 Å².